The van der Waals surface area contributed by atoms with Crippen LogP contribution in [-0.4, -0.2) is 38.1 Å². The van der Waals surface area contributed by atoms with Crippen molar-refractivity contribution in [3.63, 3.8) is 0 Å². The van der Waals surface area contributed by atoms with Crippen molar-refractivity contribution in [1.29, 1.82) is 0 Å². The minimum absolute atomic E-state index is 0.0188. The summed E-state index contributed by atoms with van der Waals surface area (Å²) in [6, 6.07) is 14.3. The Morgan fingerprint density at radius 1 is 1.12 bits per heavy atom. The fourth-order valence-corrected chi connectivity index (χ4v) is 3.93. The van der Waals surface area contributed by atoms with E-state index in [9.17, 15) is 4.79 Å². The van der Waals surface area contributed by atoms with Crippen molar-refractivity contribution in [1.82, 2.24) is 15.5 Å². The number of furan rings is 1. The third-order valence-corrected chi connectivity index (χ3v) is 5.49. The average molecular weight is 355 g/mol. The lowest BCUT2D eigenvalue weighted by Gasteiger charge is -2.30. The summed E-state index contributed by atoms with van der Waals surface area (Å²) in [6.45, 7) is 1.18. The number of nitrogens with one attached hydrogen (secondary N) is 2. The molecule has 140 valence electrons. The summed E-state index contributed by atoms with van der Waals surface area (Å²) in [5.41, 5.74) is 1.40. The molecule has 5 heteroatoms. The molecule has 1 atom stereocenters. The van der Waals surface area contributed by atoms with Gasteiger partial charge in [0.2, 0.25) is 0 Å². The van der Waals surface area contributed by atoms with E-state index in [2.05, 4.69) is 34.9 Å². The van der Waals surface area contributed by atoms with Crippen LogP contribution in [0.5, 0.6) is 0 Å². The second-order valence-corrected chi connectivity index (χ2v) is 7.41. The van der Waals surface area contributed by atoms with E-state index < -0.39 is 0 Å². The predicted octanol–water partition coefficient (Wildman–Crippen LogP) is 3.69. The van der Waals surface area contributed by atoms with Crippen molar-refractivity contribution in [2.24, 2.45) is 0 Å². The number of carbonyl (C=O) groups excluding carboxylic acids is 1. The zero-order chi connectivity index (χ0) is 18.4. The van der Waals surface area contributed by atoms with E-state index in [0.29, 0.717) is 13.1 Å². The first-order chi connectivity index (χ1) is 12.6. The first kappa shape index (κ1) is 18.5. The Balaban J connectivity index is 1.56. The number of likely N-dealkylation sites (N-methyl/N-ethyl adjacent to an activating group) is 1. The van der Waals surface area contributed by atoms with Crippen molar-refractivity contribution in [3.8, 4) is 0 Å². The molecule has 2 amide bonds. The third kappa shape index (κ3) is 4.28. The van der Waals surface area contributed by atoms with Crippen molar-refractivity contribution in [3.05, 3.63) is 60.1 Å². The monoisotopic (exact) mass is 355 g/mol. The Hall–Kier alpha value is -2.27. The molecule has 3 rings (SSSR count). The van der Waals surface area contributed by atoms with Crippen LogP contribution in [0.25, 0.3) is 0 Å². The fraction of sp³-hybridized carbons (Fsp3) is 0.476. The quantitative estimate of drug-likeness (QED) is 0.796. The summed E-state index contributed by atoms with van der Waals surface area (Å²) >= 11 is 0. The average Bonchev–Trinajstić information content (AvgIpc) is 3.33. The topological polar surface area (TPSA) is 57.5 Å². The third-order valence-electron chi connectivity index (χ3n) is 5.49. The molecular weight excluding hydrogens is 326 g/mol. The lowest BCUT2D eigenvalue weighted by molar-refractivity contribution is 0.222. The zero-order valence-electron chi connectivity index (χ0n) is 15.7. The van der Waals surface area contributed by atoms with E-state index in [1.165, 1.54) is 18.4 Å². The molecule has 0 bridgehead atoms. The molecular formula is C21H29N3O2. The summed E-state index contributed by atoms with van der Waals surface area (Å²) in [4.78, 5) is 14.4. The van der Waals surface area contributed by atoms with Gasteiger partial charge in [-0.15, -0.1) is 0 Å². The van der Waals surface area contributed by atoms with Gasteiger partial charge in [0, 0.05) is 18.5 Å². The number of urea groups is 1. The second-order valence-electron chi connectivity index (χ2n) is 7.41. The van der Waals surface area contributed by atoms with Crippen LogP contribution in [0.2, 0.25) is 0 Å². The van der Waals surface area contributed by atoms with Crippen LogP contribution >= 0.6 is 0 Å². The first-order valence-corrected chi connectivity index (χ1v) is 9.38. The molecule has 2 N–H and O–H groups in total. The minimum atomic E-state index is -0.120. The molecule has 1 aliphatic rings. The number of amides is 2. The van der Waals surface area contributed by atoms with Crippen molar-refractivity contribution < 1.29 is 9.21 Å². The second kappa shape index (κ2) is 8.41. The van der Waals surface area contributed by atoms with Gasteiger partial charge in [0.1, 0.15) is 5.76 Å². The largest absolute Gasteiger partial charge is 0.468 e. The molecule has 1 saturated carbocycles. The lowest BCUT2D eigenvalue weighted by atomic mass is 9.79. The molecule has 2 aromatic rings. The Morgan fingerprint density at radius 3 is 2.46 bits per heavy atom. The van der Waals surface area contributed by atoms with Crippen LogP contribution in [0.1, 0.15) is 43.0 Å². The van der Waals surface area contributed by atoms with Gasteiger partial charge in [0.25, 0.3) is 0 Å². The normalized spacial score (nSPS) is 17.2. The molecule has 1 aromatic carbocycles. The highest BCUT2D eigenvalue weighted by Crippen LogP contribution is 2.40. The van der Waals surface area contributed by atoms with Gasteiger partial charge in [0.15, 0.2) is 0 Å². The molecule has 26 heavy (non-hydrogen) atoms. The number of nitrogens with zero attached hydrogens (tertiary/aromatic N) is 1. The zero-order valence-corrected chi connectivity index (χ0v) is 15.7. The van der Waals surface area contributed by atoms with Gasteiger partial charge in [-0.25, -0.2) is 4.79 Å². The number of rotatable bonds is 7. The summed E-state index contributed by atoms with van der Waals surface area (Å²) in [6.07, 6.45) is 6.36. The van der Waals surface area contributed by atoms with Crippen LogP contribution < -0.4 is 10.6 Å². The standard InChI is InChI=1S/C21H29N3O2/c1-24(2)18(19-11-8-14-26-19)15-22-20(25)23-16-21(12-6-7-13-21)17-9-4-3-5-10-17/h3-5,8-11,14,18H,6-7,12-13,15-16H2,1-2H3,(H2,22,23,25). The lowest BCUT2D eigenvalue weighted by Crippen LogP contribution is -2.45. The Labute approximate surface area is 155 Å². The summed E-state index contributed by atoms with van der Waals surface area (Å²) in [5, 5.41) is 6.10. The summed E-state index contributed by atoms with van der Waals surface area (Å²) < 4.78 is 5.49. The summed E-state index contributed by atoms with van der Waals surface area (Å²) in [5.74, 6) is 0.854. The maximum atomic E-state index is 12.4. The van der Waals surface area contributed by atoms with E-state index >= 15 is 0 Å². The molecule has 1 unspecified atom stereocenters. The van der Waals surface area contributed by atoms with Crippen LogP contribution in [-0.2, 0) is 5.41 Å². The minimum Gasteiger partial charge on any atom is -0.468 e. The number of carbonyl (C=O) groups is 1. The molecule has 5 nitrogen and oxygen atoms in total. The molecule has 1 aromatic heterocycles. The van der Waals surface area contributed by atoms with Crippen LogP contribution in [0, 0.1) is 0 Å². The van der Waals surface area contributed by atoms with E-state index in [-0.39, 0.29) is 17.5 Å². The molecule has 0 spiro atoms. The molecule has 1 aliphatic carbocycles. The molecule has 1 heterocycles. The maximum absolute atomic E-state index is 12.4. The van der Waals surface area contributed by atoms with E-state index in [1.54, 1.807) is 6.26 Å². The SMILES string of the molecule is CN(C)C(CNC(=O)NCC1(c2ccccc2)CCCC1)c1ccco1. The Kier molecular flexibility index (Phi) is 5.99. The molecule has 0 saturated heterocycles. The van der Waals surface area contributed by atoms with Gasteiger partial charge >= 0.3 is 6.03 Å². The van der Waals surface area contributed by atoms with Crippen LogP contribution in [0.15, 0.2) is 53.1 Å². The van der Waals surface area contributed by atoms with Gasteiger partial charge in [-0.05, 0) is 44.6 Å². The van der Waals surface area contributed by atoms with E-state index in [0.717, 1.165) is 18.6 Å². The number of benzene rings is 1. The molecule has 0 aliphatic heterocycles. The van der Waals surface area contributed by atoms with Gasteiger partial charge in [-0.3, -0.25) is 4.90 Å². The van der Waals surface area contributed by atoms with Gasteiger partial charge in [-0.1, -0.05) is 43.2 Å². The van der Waals surface area contributed by atoms with Gasteiger partial charge in [-0.2, -0.15) is 0 Å². The predicted molar refractivity (Wildman–Crippen MR) is 103 cm³/mol. The van der Waals surface area contributed by atoms with Crippen molar-refractivity contribution in [2.45, 2.75) is 37.1 Å². The van der Waals surface area contributed by atoms with E-state index in [1.807, 2.05) is 37.2 Å². The van der Waals surface area contributed by atoms with E-state index in [4.69, 9.17) is 4.42 Å². The molecule has 0 radical (unpaired) electrons. The number of hydrogen-bond donors (Lipinski definition) is 2. The highest BCUT2D eigenvalue weighted by atomic mass is 16.3. The van der Waals surface area contributed by atoms with Crippen molar-refractivity contribution >= 4 is 6.03 Å². The van der Waals surface area contributed by atoms with Crippen LogP contribution in [0.3, 0.4) is 0 Å². The number of hydrogen-bond acceptors (Lipinski definition) is 3. The maximum Gasteiger partial charge on any atom is 0.314 e. The summed E-state index contributed by atoms with van der Waals surface area (Å²) in [7, 11) is 3.96. The molecule has 1 fully saturated rings. The Morgan fingerprint density at radius 2 is 1.85 bits per heavy atom. The van der Waals surface area contributed by atoms with Gasteiger partial charge in [0.05, 0.1) is 12.3 Å². The van der Waals surface area contributed by atoms with Crippen molar-refractivity contribution in [2.75, 3.05) is 27.2 Å². The Bertz CT molecular complexity index is 677. The van der Waals surface area contributed by atoms with Gasteiger partial charge < -0.3 is 15.1 Å². The highest BCUT2D eigenvalue weighted by Gasteiger charge is 2.35. The fourth-order valence-electron chi connectivity index (χ4n) is 3.93. The highest BCUT2D eigenvalue weighted by molar-refractivity contribution is 5.74. The smallest absolute Gasteiger partial charge is 0.314 e. The van der Waals surface area contributed by atoms with Crippen LogP contribution in [0.4, 0.5) is 4.79 Å². The first-order valence-electron chi connectivity index (χ1n) is 9.38.